The number of hydrogen-bond acceptors (Lipinski definition) is 3. The molecule has 0 aliphatic rings. The zero-order valence-electron chi connectivity index (χ0n) is 6.40. The Morgan fingerprint density at radius 2 is 1.83 bits per heavy atom. The van der Waals surface area contributed by atoms with Crippen LogP contribution in [0.2, 0.25) is 0 Å². The van der Waals surface area contributed by atoms with E-state index in [0.29, 0.717) is 0 Å². The molecular formula is C7H8NO3Zn. The fourth-order valence-corrected chi connectivity index (χ4v) is 0.654. The molecule has 1 rings (SSSR count). The summed E-state index contributed by atoms with van der Waals surface area (Å²) in [5.74, 6) is -1.31. The van der Waals surface area contributed by atoms with E-state index in [1.807, 2.05) is 0 Å². The fourth-order valence-electron chi connectivity index (χ4n) is 0.654. The monoisotopic (exact) mass is 218 g/mol. The van der Waals surface area contributed by atoms with Crippen molar-refractivity contribution < 1.29 is 33.5 Å². The number of hydrogen-bond donors (Lipinski definition) is 3. The molecule has 0 radical (unpaired) electrons. The van der Waals surface area contributed by atoms with Gasteiger partial charge in [-0.15, -0.1) is 0 Å². The van der Waals surface area contributed by atoms with Crippen LogP contribution in [-0.4, -0.2) is 16.2 Å². The van der Waals surface area contributed by atoms with Gasteiger partial charge in [-0.05, 0) is 12.1 Å². The molecule has 5 heteroatoms. The summed E-state index contributed by atoms with van der Waals surface area (Å²) in [7, 11) is 0. The standard InChI is InChI=1S/C7H6O3.H2N.Zn/c8-6-4-2-1-3-5(6)7(9)10;;/h1-4,8H,(H,9,10);1H2;/q;-1;+1. The summed E-state index contributed by atoms with van der Waals surface area (Å²) in [4.78, 5) is 10.3. The van der Waals surface area contributed by atoms with Crippen molar-refractivity contribution in [2.45, 2.75) is 0 Å². The topological polar surface area (TPSA) is 83.5 Å². The van der Waals surface area contributed by atoms with Gasteiger partial charge in [0.05, 0.1) is 0 Å². The Morgan fingerprint density at radius 3 is 2.17 bits per heavy atom. The number of carboxylic acids is 1. The second-order valence-corrected chi connectivity index (χ2v) is 1.82. The predicted molar refractivity (Wildman–Crippen MR) is 39.3 cm³/mol. The van der Waals surface area contributed by atoms with E-state index in [1.165, 1.54) is 12.1 Å². The Bertz CT molecular complexity index is 265. The van der Waals surface area contributed by atoms with Gasteiger partial charge in [0.15, 0.2) is 0 Å². The summed E-state index contributed by atoms with van der Waals surface area (Å²) >= 11 is 0.875. The van der Waals surface area contributed by atoms with Crippen LogP contribution in [0, 0.1) is 0 Å². The maximum absolute atomic E-state index is 10.3. The number of nitrogens with two attached hydrogens (primary N) is 1. The molecular weight excluding hydrogens is 211 g/mol. The number of carbonyl (C=O) groups is 1. The third-order valence-electron chi connectivity index (χ3n) is 1.13. The van der Waals surface area contributed by atoms with E-state index < -0.39 is 5.97 Å². The number of para-hydroxylation sites is 1. The average Bonchev–Trinajstić information content (AvgIpc) is 2.08. The van der Waals surface area contributed by atoms with Crippen LogP contribution in [0.5, 0.6) is 5.75 Å². The minimum absolute atomic E-state index is 0.0671. The molecule has 12 heavy (non-hydrogen) atoms. The van der Waals surface area contributed by atoms with Crippen LogP contribution >= 0.6 is 0 Å². The molecule has 0 atom stereocenters. The number of carboxylic acid groups (broad SMARTS) is 1. The second kappa shape index (κ2) is 5.69. The van der Waals surface area contributed by atoms with Gasteiger partial charge < -0.3 is 10.2 Å². The number of phenols is 1. The van der Waals surface area contributed by atoms with Gasteiger partial charge in [-0.1, -0.05) is 12.1 Å². The zero-order valence-corrected chi connectivity index (χ0v) is 9.36. The average molecular weight is 220 g/mol. The van der Waals surface area contributed by atoms with Crippen LogP contribution in [0.3, 0.4) is 0 Å². The predicted octanol–water partition coefficient (Wildman–Crippen LogP) is 0.497. The SMILES string of the molecule is O=C(O)c1ccccc1O.[NH2][Zn]. The van der Waals surface area contributed by atoms with Crippen molar-refractivity contribution in [1.82, 2.24) is 0 Å². The van der Waals surface area contributed by atoms with Crippen molar-refractivity contribution >= 4 is 5.97 Å². The molecule has 0 bridgehead atoms. The third kappa shape index (κ3) is 2.99. The first-order chi connectivity index (χ1) is 5.72. The van der Waals surface area contributed by atoms with Crippen molar-refractivity contribution in [3.63, 3.8) is 0 Å². The van der Waals surface area contributed by atoms with Crippen molar-refractivity contribution in [3.05, 3.63) is 29.8 Å². The van der Waals surface area contributed by atoms with Crippen LogP contribution in [0.4, 0.5) is 0 Å². The number of benzene rings is 1. The number of aromatic carboxylic acids is 1. The molecule has 1 aromatic carbocycles. The van der Waals surface area contributed by atoms with E-state index in [1.54, 1.807) is 12.1 Å². The Kier molecular flexibility index (Phi) is 5.25. The van der Waals surface area contributed by atoms with Crippen LogP contribution in [0.1, 0.15) is 10.4 Å². The van der Waals surface area contributed by atoms with E-state index in [0.717, 1.165) is 18.5 Å². The molecule has 0 saturated carbocycles. The van der Waals surface area contributed by atoms with Gasteiger partial charge in [0.2, 0.25) is 0 Å². The van der Waals surface area contributed by atoms with E-state index >= 15 is 0 Å². The summed E-state index contributed by atoms with van der Waals surface area (Å²) in [6.45, 7) is 0. The normalized spacial score (nSPS) is 8.25. The van der Waals surface area contributed by atoms with Crippen molar-refractivity contribution in [1.29, 1.82) is 0 Å². The van der Waals surface area contributed by atoms with Crippen molar-refractivity contribution in [3.8, 4) is 5.75 Å². The first kappa shape index (κ1) is 11.1. The Labute approximate surface area is 80.0 Å². The van der Waals surface area contributed by atoms with Gasteiger partial charge in [-0.25, -0.2) is 4.79 Å². The van der Waals surface area contributed by atoms with E-state index in [4.69, 9.17) is 10.2 Å². The summed E-state index contributed by atoms with van der Waals surface area (Å²) in [5, 5.41) is 17.3. The first-order valence-electron chi connectivity index (χ1n) is 3.14. The second-order valence-electron chi connectivity index (χ2n) is 1.82. The summed E-state index contributed by atoms with van der Waals surface area (Å²) in [6.07, 6.45) is 0. The quantitative estimate of drug-likeness (QED) is 0.601. The first-order valence-corrected chi connectivity index (χ1v) is 4.85. The molecule has 4 nitrogen and oxygen atoms in total. The molecule has 0 aliphatic heterocycles. The maximum atomic E-state index is 10.3. The van der Waals surface area contributed by atoms with Crippen LogP contribution in [0.25, 0.3) is 0 Å². The molecule has 0 spiro atoms. The van der Waals surface area contributed by atoms with Crippen molar-refractivity contribution in [2.24, 2.45) is 4.48 Å². The molecule has 1 aromatic rings. The Morgan fingerprint density at radius 1 is 1.33 bits per heavy atom. The van der Waals surface area contributed by atoms with E-state index in [9.17, 15) is 4.79 Å². The van der Waals surface area contributed by atoms with E-state index in [2.05, 4.69) is 4.48 Å². The molecule has 61 valence electrons. The molecule has 0 unspecified atom stereocenters. The van der Waals surface area contributed by atoms with Crippen LogP contribution in [0.15, 0.2) is 24.3 Å². The molecule has 4 N–H and O–H groups in total. The fraction of sp³-hybridized carbons (Fsp3) is 0. The molecule has 0 aromatic heterocycles. The summed E-state index contributed by atoms with van der Waals surface area (Å²) < 4.78 is 4.62. The minimum atomic E-state index is -1.11. The Balaban J connectivity index is 0.000000561. The van der Waals surface area contributed by atoms with Gasteiger partial charge >= 0.3 is 29.0 Å². The van der Waals surface area contributed by atoms with E-state index in [-0.39, 0.29) is 11.3 Å². The van der Waals surface area contributed by atoms with Crippen LogP contribution < -0.4 is 4.48 Å². The molecule has 0 amide bonds. The van der Waals surface area contributed by atoms with Crippen LogP contribution in [-0.2, 0) is 18.5 Å². The van der Waals surface area contributed by atoms with Gasteiger partial charge in [-0.2, -0.15) is 0 Å². The Hall–Kier alpha value is -0.927. The molecule has 0 aliphatic carbocycles. The summed E-state index contributed by atoms with van der Waals surface area (Å²) in [5.41, 5.74) is -0.0671. The molecule has 0 heterocycles. The molecule has 0 fully saturated rings. The van der Waals surface area contributed by atoms with Crippen molar-refractivity contribution in [2.75, 3.05) is 0 Å². The third-order valence-corrected chi connectivity index (χ3v) is 1.13. The molecule has 0 saturated heterocycles. The number of rotatable bonds is 1. The van der Waals surface area contributed by atoms with Gasteiger partial charge in [-0.3, -0.25) is 0 Å². The van der Waals surface area contributed by atoms with Gasteiger partial charge in [0.25, 0.3) is 0 Å². The number of aromatic hydroxyl groups is 1. The van der Waals surface area contributed by atoms with Gasteiger partial charge in [0, 0.05) is 0 Å². The summed E-state index contributed by atoms with van der Waals surface area (Å²) in [6, 6.07) is 5.81. The van der Waals surface area contributed by atoms with Gasteiger partial charge in [0.1, 0.15) is 11.3 Å². The zero-order chi connectivity index (χ0) is 9.56.